The quantitative estimate of drug-likeness (QED) is 0.776. The molecule has 102 valence electrons. The van der Waals surface area contributed by atoms with Gasteiger partial charge in [0.25, 0.3) is 0 Å². The fraction of sp³-hybridized carbons (Fsp3) is 0.571. The Morgan fingerprint density at radius 2 is 2.17 bits per heavy atom. The number of hydrogen-bond donors (Lipinski definition) is 2. The highest BCUT2D eigenvalue weighted by molar-refractivity contribution is 5.60. The Balaban J connectivity index is 3.09. The number of methoxy groups -OCH3 is 1. The molecule has 0 saturated heterocycles. The summed E-state index contributed by atoms with van der Waals surface area (Å²) in [6, 6.07) is 6.28. The largest absolute Gasteiger partial charge is 0.496 e. The third-order valence-corrected chi connectivity index (χ3v) is 3.19. The first-order chi connectivity index (χ1) is 8.65. The first-order valence-electron chi connectivity index (χ1n) is 6.31. The molecular weight excluding hydrogens is 228 g/mol. The normalized spacial score (nSPS) is 12.3. The van der Waals surface area contributed by atoms with Crippen molar-refractivity contribution in [3.05, 3.63) is 23.8 Å². The molecule has 1 aromatic rings. The van der Waals surface area contributed by atoms with Gasteiger partial charge in [0.05, 0.1) is 7.11 Å². The van der Waals surface area contributed by atoms with E-state index in [0.717, 1.165) is 30.0 Å². The second kappa shape index (κ2) is 7.24. The van der Waals surface area contributed by atoms with Gasteiger partial charge in [-0.05, 0) is 32.5 Å². The Bertz CT molecular complexity index is 369. The fourth-order valence-electron chi connectivity index (χ4n) is 2.05. The van der Waals surface area contributed by atoms with Crippen LogP contribution in [-0.2, 0) is 0 Å². The van der Waals surface area contributed by atoms with Crippen molar-refractivity contribution in [2.75, 3.05) is 39.3 Å². The number of ether oxygens (including phenoxy) is 1. The highest BCUT2D eigenvalue weighted by Crippen LogP contribution is 2.33. The molecule has 0 radical (unpaired) electrons. The van der Waals surface area contributed by atoms with E-state index in [1.54, 1.807) is 7.11 Å². The maximum Gasteiger partial charge on any atom is 0.125 e. The zero-order chi connectivity index (χ0) is 13.5. The van der Waals surface area contributed by atoms with Gasteiger partial charge in [-0.15, -0.1) is 0 Å². The van der Waals surface area contributed by atoms with E-state index < -0.39 is 0 Å². The molecule has 0 heterocycles. The van der Waals surface area contributed by atoms with Gasteiger partial charge in [0.2, 0.25) is 0 Å². The minimum Gasteiger partial charge on any atom is -0.496 e. The second-order valence-corrected chi connectivity index (χ2v) is 4.40. The van der Waals surface area contributed by atoms with Gasteiger partial charge in [0.15, 0.2) is 0 Å². The van der Waals surface area contributed by atoms with E-state index >= 15 is 0 Å². The summed E-state index contributed by atoms with van der Waals surface area (Å²) in [5.41, 5.74) is 2.30. The van der Waals surface area contributed by atoms with Crippen molar-refractivity contribution in [3.63, 3.8) is 0 Å². The van der Waals surface area contributed by atoms with Crippen molar-refractivity contribution >= 4 is 5.69 Å². The van der Waals surface area contributed by atoms with E-state index in [0.29, 0.717) is 0 Å². The number of rotatable bonds is 7. The number of aliphatic hydroxyl groups excluding tert-OH is 1. The molecule has 0 amide bonds. The van der Waals surface area contributed by atoms with Gasteiger partial charge >= 0.3 is 0 Å². The monoisotopic (exact) mass is 252 g/mol. The lowest BCUT2D eigenvalue weighted by Gasteiger charge is -2.26. The van der Waals surface area contributed by atoms with Gasteiger partial charge in [-0.1, -0.05) is 6.07 Å². The lowest BCUT2D eigenvalue weighted by atomic mass is 10.0. The van der Waals surface area contributed by atoms with Gasteiger partial charge in [-0.25, -0.2) is 0 Å². The van der Waals surface area contributed by atoms with Crippen molar-refractivity contribution in [1.82, 2.24) is 5.32 Å². The molecule has 1 rings (SSSR count). The Hall–Kier alpha value is -1.26. The molecule has 0 aliphatic rings. The van der Waals surface area contributed by atoms with Gasteiger partial charge in [-0.2, -0.15) is 0 Å². The zero-order valence-corrected chi connectivity index (χ0v) is 11.7. The predicted molar refractivity (Wildman–Crippen MR) is 75.4 cm³/mol. The van der Waals surface area contributed by atoms with E-state index in [9.17, 15) is 0 Å². The minimum absolute atomic E-state index is 0.214. The van der Waals surface area contributed by atoms with Crippen LogP contribution < -0.4 is 15.0 Å². The summed E-state index contributed by atoms with van der Waals surface area (Å²) in [5.74, 6) is 0.894. The summed E-state index contributed by atoms with van der Waals surface area (Å²) in [7, 11) is 5.67. The van der Waals surface area contributed by atoms with Crippen LogP contribution in [0.4, 0.5) is 5.69 Å². The molecule has 4 nitrogen and oxygen atoms in total. The summed E-state index contributed by atoms with van der Waals surface area (Å²) < 4.78 is 5.45. The van der Waals surface area contributed by atoms with E-state index in [2.05, 4.69) is 23.2 Å². The summed E-state index contributed by atoms with van der Waals surface area (Å²) in [5, 5.41) is 12.2. The predicted octanol–water partition coefficient (Wildman–Crippen LogP) is 1.79. The van der Waals surface area contributed by atoms with Crippen molar-refractivity contribution in [2.24, 2.45) is 0 Å². The van der Waals surface area contributed by atoms with Crippen LogP contribution in [0.5, 0.6) is 5.75 Å². The molecule has 1 aromatic carbocycles. The molecule has 0 spiro atoms. The highest BCUT2D eigenvalue weighted by Gasteiger charge is 2.16. The average molecular weight is 252 g/mol. The van der Waals surface area contributed by atoms with Crippen molar-refractivity contribution in [1.29, 1.82) is 0 Å². The maximum absolute atomic E-state index is 8.92. The van der Waals surface area contributed by atoms with Gasteiger partial charge in [0.1, 0.15) is 5.75 Å². The molecule has 1 unspecified atom stereocenters. The summed E-state index contributed by atoms with van der Waals surface area (Å²) >= 11 is 0. The fourth-order valence-corrected chi connectivity index (χ4v) is 2.05. The number of nitrogens with one attached hydrogen (secondary N) is 1. The van der Waals surface area contributed by atoms with Crippen molar-refractivity contribution in [2.45, 2.75) is 19.4 Å². The molecule has 0 aromatic heterocycles. The number of hydrogen-bond acceptors (Lipinski definition) is 4. The van der Waals surface area contributed by atoms with Crippen molar-refractivity contribution in [3.8, 4) is 5.75 Å². The number of benzene rings is 1. The van der Waals surface area contributed by atoms with E-state index in [4.69, 9.17) is 9.84 Å². The van der Waals surface area contributed by atoms with Gasteiger partial charge in [0, 0.05) is 37.5 Å². The Morgan fingerprint density at radius 3 is 2.72 bits per heavy atom. The Morgan fingerprint density at radius 1 is 1.44 bits per heavy atom. The molecule has 0 aliphatic carbocycles. The standard InChI is InChI=1S/C14H24N2O2/c1-11(15-2)14-12(16(3)9-6-10-17)7-5-8-13(14)18-4/h5,7-8,11,15,17H,6,9-10H2,1-4H3. The van der Waals surface area contributed by atoms with Crippen LogP contribution in [0.3, 0.4) is 0 Å². The SMILES string of the molecule is CNC(C)c1c(OC)cccc1N(C)CCCO. The van der Waals surface area contributed by atoms with E-state index in [1.165, 1.54) is 0 Å². The van der Waals surface area contributed by atoms with Crippen molar-refractivity contribution < 1.29 is 9.84 Å². The maximum atomic E-state index is 8.92. The van der Waals surface area contributed by atoms with Crippen LogP contribution >= 0.6 is 0 Å². The summed E-state index contributed by atoms with van der Waals surface area (Å²) in [6.07, 6.45) is 0.765. The first-order valence-corrected chi connectivity index (χ1v) is 6.31. The third-order valence-electron chi connectivity index (χ3n) is 3.19. The number of nitrogens with zero attached hydrogens (tertiary/aromatic N) is 1. The Labute approximate surface area is 110 Å². The zero-order valence-electron chi connectivity index (χ0n) is 11.7. The van der Waals surface area contributed by atoms with Crippen LogP contribution in [0.25, 0.3) is 0 Å². The second-order valence-electron chi connectivity index (χ2n) is 4.40. The molecule has 1 atom stereocenters. The lowest BCUT2D eigenvalue weighted by molar-refractivity contribution is 0.290. The lowest BCUT2D eigenvalue weighted by Crippen LogP contribution is -2.24. The molecule has 0 aliphatic heterocycles. The highest BCUT2D eigenvalue weighted by atomic mass is 16.5. The van der Waals surface area contributed by atoms with Crippen LogP contribution in [0.1, 0.15) is 24.9 Å². The molecule has 0 bridgehead atoms. The van der Waals surface area contributed by atoms with Crippen LogP contribution in [-0.4, -0.2) is 39.5 Å². The van der Waals surface area contributed by atoms with E-state index in [1.807, 2.05) is 26.2 Å². The van der Waals surface area contributed by atoms with Gasteiger partial charge in [-0.3, -0.25) is 0 Å². The average Bonchev–Trinajstić information content (AvgIpc) is 2.42. The number of anilines is 1. The molecule has 0 fully saturated rings. The van der Waals surface area contributed by atoms with Crippen LogP contribution in [0.2, 0.25) is 0 Å². The van der Waals surface area contributed by atoms with Gasteiger partial charge < -0.3 is 20.1 Å². The summed E-state index contributed by atoms with van der Waals surface area (Å²) in [6.45, 7) is 3.15. The topological polar surface area (TPSA) is 44.7 Å². The smallest absolute Gasteiger partial charge is 0.125 e. The van der Waals surface area contributed by atoms with Crippen LogP contribution in [0, 0.1) is 0 Å². The minimum atomic E-state index is 0.214. The first kappa shape index (κ1) is 14.8. The van der Waals surface area contributed by atoms with E-state index in [-0.39, 0.29) is 12.6 Å². The number of aliphatic hydroxyl groups is 1. The summed E-state index contributed by atoms with van der Waals surface area (Å²) in [4.78, 5) is 2.15. The van der Waals surface area contributed by atoms with Crippen LogP contribution in [0.15, 0.2) is 18.2 Å². The molecule has 2 N–H and O–H groups in total. The molecular formula is C14H24N2O2. The molecule has 0 saturated carbocycles. The Kier molecular flexibility index (Phi) is 5.95. The molecule has 4 heteroatoms. The third kappa shape index (κ3) is 3.37. The molecule has 18 heavy (non-hydrogen) atoms.